The highest BCUT2D eigenvalue weighted by Gasteiger charge is 2.47. The maximum absolute atomic E-state index is 2.45. The number of rotatable bonds is 6. The zero-order valence-electron chi connectivity index (χ0n) is 31.5. The standard InChI is InChI=1S/C55H35NS2/c1-4-16-37(17-5-1)55(38-18-6-2-7-19-38)45-25-12-10-23-44(45)51-46(55)26-15-27-47(51)56(39-20-8-3-9-21-39)40-32-30-36(31-33-40)41-24-14-29-49-52(41)53-50(57-49)35-34-43-42-22-11-13-28-48(42)58-54(43)53/h1-35H. The van der Waals surface area contributed by atoms with Crippen molar-refractivity contribution in [2.24, 2.45) is 0 Å². The summed E-state index contributed by atoms with van der Waals surface area (Å²) in [4.78, 5) is 2.45. The molecular formula is C55H35NS2. The van der Waals surface area contributed by atoms with E-state index in [9.17, 15) is 0 Å². The van der Waals surface area contributed by atoms with Crippen molar-refractivity contribution in [1.82, 2.24) is 0 Å². The number of para-hydroxylation sites is 1. The van der Waals surface area contributed by atoms with E-state index in [0.29, 0.717) is 0 Å². The van der Waals surface area contributed by atoms with Gasteiger partial charge in [0.05, 0.1) is 11.1 Å². The summed E-state index contributed by atoms with van der Waals surface area (Å²) in [5.41, 5.74) is 13.1. The van der Waals surface area contributed by atoms with E-state index in [4.69, 9.17) is 0 Å². The van der Waals surface area contributed by atoms with E-state index >= 15 is 0 Å². The zero-order chi connectivity index (χ0) is 38.2. The Morgan fingerprint density at radius 2 is 0.948 bits per heavy atom. The van der Waals surface area contributed by atoms with Crippen LogP contribution in [0.5, 0.6) is 0 Å². The molecule has 0 bridgehead atoms. The van der Waals surface area contributed by atoms with E-state index in [1.54, 1.807) is 0 Å². The quantitative estimate of drug-likeness (QED) is 0.163. The van der Waals surface area contributed by atoms with Crippen LogP contribution in [-0.2, 0) is 5.41 Å². The Labute approximate surface area is 345 Å². The van der Waals surface area contributed by atoms with E-state index in [-0.39, 0.29) is 0 Å². The molecule has 2 heterocycles. The number of hydrogen-bond donors (Lipinski definition) is 0. The predicted octanol–water partition coefficient (Wildman–Crippen LogP) is 15.9. The molecule has 272 valence electrons. The molecule has 1 nitrogen and oxygen atoms in total. The van der Waals surface area contributed by atoms with Crippen molar-refractivity contribution in [3.8, 4) is 22.3 Å². The molecule has 9 aromatic carbocycles. The maximum atomic E-state index is 2.45. The Kier molecular flexibility index (Phi) is 7.56. The van der Waals surface area contributed by atoms with Crippen LogP contribution in [0.4, 0.5) is 17.1 Å². The molecule has 0 fully saturated rings. The van der Waals surface area contributed by atoms with Gasteiger partial charge < -0.3 is 4.90 Å². The Morgan fingerprint density at radius 1 is 0.362 bits per heavy atom. The van der Waals surface area contributed by atoms with Crippen molar-refractivity contribution in [2.45, 2.75) is 5.41 Å². The topological polar surface area (TPSA) is 3.24 Å². The highest BCUT2D eigenvalue weighted by molar-refractivity contribution is 7.29. The average Bonchev–Trinajstić information content (AvgIpc) is 3.97. The molecule has 2 aromatic heterocycles. The van der Waals surface area contributed by atoms with Crippen LogP contribution in [0.25, 0.3) is 62.6 Å². The molecule has 12 rings (SSSR count). The minimum absolute atomic E-state index is 0.474. The van der Waals surface area contributed by atoms with Gasteiger partial charge in [0, 0.05) is 57.3 Å². The van der Waals surface area contributed by atoms with Crippen molar-refractivity contribution in [2.75, 3.05) is 4.90 Å². The van der Waals surface area contributed by atoms with Crippen LogP contribution in [0.2, 0.25) is 0 Å². The predicted molar refractivity (Wildman–Crippen MR) is 250 cm³/mol. The van der Waals surface area contributed by atoms with Crippen molar-refractivity contribution in [3.05, 3.63) is 235 Å². The first-order valence-corrected chi connectivity index (χ1v) is 21.5. The lowest BCUT2D eigenvalue weighted by atomic mass is 9.68. The van der Waals surface area contributed by atoms with Gasteiger partial charge in [-0.3, -0.25) is 0 Å². The second-order valence-corrected chi connectivity index (χ2v) is 17.3. The largest absolute Gasteiger partial charge is 0.310 e. The zero-order valence-corrected chi connectivity index (χ0v) is 33.1. The highest BCUT2D eigenvalue weighted by atomic mass is 32.1. The van der Waals surface area contributed by atoms with Crippen LogP contribution in [0, 0.1) is 0 Å². The fourth-order valence-electron chi connectivity index (χ4n) is 9.78. The maximum Gasteiger partial charge on any atom is 0.0714 e. The number of anilines is 3. The van der Waals surface area contributed by atoms with Gasteiger partial charge in [0.25, 0.3) is 0 Å². The van der Waals surface area contributed by atoms with Crippen LogP contribution < -0.4 is 4.90 Å². The van der Waals surface area contributed by atoms with E-state index in [1.165, 1.54) is 84.9 Å². The van der Waals surface area contributed by atoms with Gasteiger partial charge in [0.2, 0.25) is 0 Å². The van der Waals surface area contributed by atoms with E-state index in [2.05, 4.69) is 217 Å². The molecule has 3 heteroatoms. The second-order valence-electron chi connectivity index (χ2n) is 15.1. The molecule has 0 amide bonds. The summed E-state index contributed by atoms with van der Waals surface area (Å²) < 4.78 is 5.39. The monoisotopic (exact) mass is 773 g/mol. The average molecular weight is 774 g/mol. The Bertz CT molecular complexity index is 3290. The summed E-state index contributed by atoms with van der Waals surface area (Å²) >= 11 is 3.82. The smallest absolute Gasteiger partial charge is 0.0714 e. The number of fused-ring (bicyclic) bond motifs is 10. The third kappa shape index (κ3) is 4.81. The van der Waals surface area contributed by atoms with Crippen molar-refractivity contribution >= 4 is 80.1 Å². The fraction of sp³-hybridized carbons (Fsp3) is 0.0182. The first kappa shape index (κ1) is 33.4. The lowest BCUT2D eigenvalue weighted by molar-refractivity contribution is 0.768. The van der Waals surface area contributed by atoms with Crippen molar-refractivity contribution in [1.29, 1.82) is 0 Å². The molecule has 0 saturated heterocycles. The lowest BCUT2D eigenvalue weighted by Crippen LogP contribution is -2.28. The molecule has 0 atom stereocenters. The first-order chi connectivity index (χ1) is 28.8. The Balaban J connectivity index is 1.06. The Hall–Kier alpha value is -6.78. The van der Waals surface area contributed by atoms with Gasteiger partial charge >= 0.3 is 0 Å². The normalized spacial score (nSPS) is 13.0. The molecule has 1 aliphatic carbocycles. The van der Waals surface area contributed by atoms with E-state index in [1.807, 2.05) is 22.7 Å². The second kappa shape index (κ2) is 13.1. The number of benzene rings is 9. The molecule has 1 aliphatic rings. The first-order valence-electron chi connectivity index (χ1n) is 19.8. The van der Waals surface area contributed by atoms with Crippen molar-refractivity contribution < 1.29 is 0 Å². The van der Waals surface area contributed by atoms with Gasteiger partial charge in [-0.25, -0.2) is 0 Å². The molecule has 11 aromatic rings. The third-order valence-corrected chi connectivity index (χ3v) is 14.5. The van der Waals surface area contributed by atoms with Gasteiger partial charge in [0.1, 0.15) is 0 Å². The highest BCUT2D eigenvalue weighted by Crippen LogP contribution is 2.59. The number of nitrogens with zero attached hydrogens (tertiary/aromatic N) is 1. The molecule has 0 unspecified atom stereocenters. The van der Waals surface area contributed by atoms with E-state index < -0.39 is 5.41 Å². The van der Waals surface area contributed by atoms with Gasteiger partial charge in [-0.15, -0.1) is 22.7 Å². The summed E-state index contributed by atoms with van der Waals surface area (Å²) in [6.07, 6.45) is 0. The van der Waals surface area contributed by atoms with Crippen LogP contribution >= 0.6 is 22.7 Å². The van der Waals surface area contributed by atoms with Crippen LogP contribution in [0.3, 0.4) is 0 Å². The molecule has 0 spiro atoms. The third-order valence-electron chi connectivity index (χ3n) is 12.2. The lowest BCUT2D eigenvalue weighted by Gasteiger charge is -2.34. The van der Waals surface area contributed by atoms with E-state index in [0.717, 1.165) is 17.1 Å². The van der Waals surface area contributed by atoms with Crippen LogP contribution in [0.15, 0.2) is 212 Å². The fourth-order valence-corrected chi connectivity index (χ4v) is 12.2. The number of thiophene rings is 2. The Morgan fingerprint density at radius 3 is 1.72 bits per heavy atom. The molecule has 58 heavy (non-hydrogen) atoms. The van der Waals surface area contributed by atoms with Crippen molar-refractivity contribution in [3.63, 3.8) is 0 Å². The molecule has 0 saturated carbocycles. The van der Waals surface area contributed by atoms with Gasteiger partial charge in [-0.1, -0.05) is 164 Å². The molecule has 0 N–H and O–H groups in total. The minimum Gasteiger partial charge on any atom is -0.310 e. The SMILES string of the molecule is c1ccc(N(c2ccc(-c3cccc4sc5ccc6c7ccccc7sc6c5c34)cc2)c2cccc3c2-c2ccccc2C3(c2ccccc2)c2ccccc2)cc1. The molecular weight excluding hydrogens is 739 g/mol. The molecule has 0 radical (unpaired) electrons. The summed E-state index contributed by atoms with van der Waals surface area (Å²) in [7, 11) is 0. The summed E-state index contributed by atoms with van der Waals surface area (Å²) in [5, 5.41) is 5.41. The van der Waals surface area contributed by atoms with Crippen LogP contribution in [-0.4, -0.2) is 0 Å². The summed E-state index contributed by atoms with van der Waals surface area (Å²) in [6.45, 7) is 0. The summed E-state index contributed by atoms with van der Waals surface area (Å²) in [5.74, 6) is 0. The van der Waals surface area contributed by atoms with Gasteiger partial charge in [-0.05, 0) is 87.5 Å². The number of hydrogen-bond acceptors (Lipinski definition) is 3. The van der Waals surface area contributed by atoms with Gasteiger partial charge in [-0.2, -0.15) is 0 Å². The van der Waals surface area contributed by atoms with Gasteiger partial charge in [0.15, 0.2) is 0 Å². The molecule has 0 aliphatic heterocycles. The van der Waals surface area contributed by atoms with Crippen LogP contribution in [0.1, 0.15) is 22.3 Å². The minimum atomic E-state index is -0.474. The summed E-state index contributed by atoms with van der Waals surface area (Å²) in [6, 6.07) is 78.4.